The predicted molar refractivity (Wildman–Crippen MR) is 263 cm³/mol. The fourth-order valence-corrected chi connectivity index (χ4v) is 6.85. The Morgan fingerprint density at radius 2 is 1.06 bits per heavy atom. The van der Waals surface area contributed by atoms with Gasteiger partial charge in [0, 0.05) is 47.7 Å². The summed E-state index contributed by atoms with van der Waals surface area (Å²) in [7, 11) is 2.63. The molecule has 0 fully saturated rings. The summed E-state index contributed by atoms with van der Waals surface area (Å²) in [5.41, 5.74) is 5.31. The number of amides is 2. The van der Waals surface area contributed by atoms with Gasteiger partial charge >= 0.3 is 24.1 Å². The first-order chi connectivity index (χ1) is 33.6. The second-order valence-corrected chi connectivity index (χ2v) is 18.1. The van der Waals surface area contributed by atoms with E-state index >= 15 is 0 Å². The standard InChI is InChI=1S/C31H32N4O5.C23H27N3O5/c1-21-29(39-20-24-8-6-7-23(15-24)17-33)27(13-14-28(36)38-5)25(18-34-21)19-35(30(37)40-31(2,3)4)26-11-9-22(16-32)10-12-26;1-15-21(28)19(10-11-20(27)30-5)17(13-25-15)14-26(22(29)31-23(2,3)4)18-8-6-16(12-24)7-9-18/h6-12,15,18H,13-14,19-20H2,1-5H3;6-9,13,28H,10-11,14H2,1-5H3. The number of nitriles is 3. The number of esters is 2. The second kappa shape index (κ2) is 25.2. The molecule has 0 unspecified atom stereocenters. The van der Waals surface area contributed by atoms with E-state index in [1.807, 2.05) is 12.1 Å². The van der Waals surface area contributed by atoms with Gasteiger partial charge in [-0.3, -0.25) is 29.4 Å². The van der Waals surface area contributed by atoms with Crippen LogP contribution >= 0.6 is 0 Å². The number of aromatic nitrogens is 2. The van der Waals surface area contributed by atoms with Crippen molar-refractivity contribution >= 4 is 35.5 Å². The highest BCUT2D eigenvalue weighted by molar-refractivity contribution is 5.89. The number of methoxy groups -OCH3 is 2. The van der Waals surface area contributed by atoms with Gasteiger partial charge in [0.15, 0.2) is 0 Å². The quantitative estimate of drug-likeness (QED) is 0.0759. The van der Waals surface area contributed by atoms with E-state index < -0.39 is 29.4 Å². The number of rotatable bonds is 15. The summed E-state index contributed by atoms with van der Waals surface area (Å²) < 4.78 is 27.0. The molecule has 0 aliphatic carbocycles. The van der Waals surface area contributed by atoms with Crippen LogP contribution in [-0.4, -0.2) is 64.6 Å². The third-order valence-corrected chi connectivity index (χ3v) is 10.4. The number of benzene rings is 3. The lowest BCUT2D eigenvalue weighted by Gasteiger charge is -2.28. The van der Waals surface area contributed by atoms with Gasteiger partial charge in [0.25, 0.3) is 0 Å². The molecular formula is C54H59N7O10. The lowest BCUT2D eigenvalue weighted by molar-refractivity contribution is -0.141. The number of hydrogen-bond acceptors (Lipinski definition) is 15. The molecule has 0 bridgehead atoms. The van der Waals surface area contributed by atoms with Crippen molar-refractivity contribution < 1.29 is 48.0 Å². The minimum Gasteiger partial charge on any atom is -0.506 e. The number of aromatic hydroxyl groups is 1. The van der Waals surface area contributed by atoms with Crippen LogP contribution in [0, 0.1) is 47.8 Å². The molecular weight excluding hydrogens is 907 g/mol. The van der Waals surface area contributed by atoms with Crippen molar-refractivity contribution in [3.63, 3.8) is 0 Å². The minimum absolute atomic E-state index is 0.0228. The van der Waals surface area contributed by atoms with Crippen molar-refractivity contribution in [3.8, 4) is 29.7 Å². The van der Waals surface area contributed by atoms with Crippen LogP contribution in [0.15, 0.2) is 85.2 Å². The van der Waals surface area contributed by atoms with Gasteiger partial charge in [0.2, 0.25) is 0 Å². The Kier molecular flexibility index (Phi) is 19.6. The van der Waals surface area contributed by atoms with E-state index in [1.165, 1.54) is 24.0 Å². The summed E-state index contributed by atoms with van der Waals surface area (Å²) in [6, 6.07) is 26.5. The molecule has 2 aromatic heterocycles. The highest BCUT2D eigenvalue weighted by Crippen LogP contribution is 2.32. The Balaban J connectivity index is 0.000000319. The summed E-state index contributed by atoms with van der Waals surface area (Å²) in [5.74, 6) is -0.321. The normalized spacial score (nSPS) is 10.7. The lowest BCUT2D eigenvalue weighted by atomic mass is 10.0. The van der Waals surface area contributed by atoms with Crippen molar-refractivity contribution in [1.29, 1.82) is 15.8 Å². The molecule has 0 aliphatic rings. The highest BCUT2D eigenvalue weighted by atomic mass is 16.6. The Morgan fingerprint density at radius 3 is 1.49 bits per heavy atom. The van der Waals surface area contributed by atoms with E-state index in [4.69, 9.17) is 28.9 Å². The molecule has 0 spiro atoms. The predicted octanol–water partition coefficient (Wildman–Crippen LogP) is 9.77. The van der Waals surface area contributed by atoms with Crippen LogP contribution in [0.4, 0.5) is 21.0 Å². The molecule has 0 saturated heterocycles. The molecule has 2 amide bonds. The molecule has 0 saturated carbocycles. The summed E-state index contributed by atoms with van der Waals surface area (Å²) >= 11 is 0. The molecule has 0 atom stereocenters. The molecule has 5 rings (SSSR count). The monoisotopic (exact) mass is 965 g/mol. The average molecular weight is 966 g/mol. The van der Waals surface area contributed by atoms with Crippen LogP contribution < -0.4 is 14.5 Å². The fourth-order valence-electron chi connectivity index (χ4n) is 6.85. The molecule has 17 nitrogen and oxygen atoms in total. The summed E-state index contributed by atoms with van der Waals surface area (Å²) in [6.45, 7) is 14.4. The largest absolute Gasteiger partial charge is 0.506 e. The van der Waals surface area contributed by atoms with Gasteiger partial charge in [-0.25, -0.2) is 9.59 Å². The van der Waals surface area contributed by atoms with Crippen molar-refractivity contribution in [2.24, 2.45) is 0 Å². The zero-order valence-corrected chi connectivity index (χ0v) is 41.8. The number of aryl methyl sites for hydroxylation is 2. The Hall–Kier alpha value is -8.49. The van der Waals surface area contributed by atoms with Crippen molar-refractivity contribution in [2.75, 3.05) is 24.0 Å². The van der Waals surface area contributed by atoms with Crippen molar-refractivity contribution in [3.05, 3.63) is 141 Å². The van der Waals surface area contributed by atoms with Gasteiger partial charge in [-0.2, -0.15) is 15.8 Å². The van der Waals surface area contributed by atoms with Crippen LogP contribution in [0.5, 0.6) is 11.5 Å². The number of carbonyl (C=O) groups excluding carboxylic acids is 4. The third kappa shape index (κ3) is 16.6. The topological polar surface area (TPSA) is 238 Å². The summed E-state index contributed by atoms with van der Waals surface area (Å²) in [5, 5.41) is 38.1. The fraction of sp³-hybridized carbons (Fsp3) is 0.352. The number of anilines is 2. The van der Waals surface area contributed by atoms with Gasteiger partial charge in [-0.05, 0) is 146 Å². The SMILES string of the molecule is COC(=O)CCc1c(CN(C(=O)OC(C)(C)C)c2ccc(C#N)cc2)cnc(C)c1O.COC(=O)CCc1c(CN(C(=O)OC(C)(C)C)c2ccc(C#N)cc2)cnc(C)c1OCc1cccc(C#N)c1. The zero-order valence-electron chi connectivity index (χ0n) is 41.8. The van der Waals surface area contributed by atoms with Gasteiger partial charge in [0.1, 0.15) is 29.3 Å². The summed E-state index contributed by atoms with van der Waals surface area (Å²) in [6.07, 6.45) is 2.75. The van der Waals surface area contributed by atoms with Gasteiger partial charge < -0.3 is 28.8 Å². The zero-order chi connectivity index (χ0) is 52.5. The minimum atomic E-state index is -0.743. The van der Waals surface area contributed by atoms with Crippen molar-refractivity contribution in [2.45, 2.75) is 112 Å². The maximum atomic E-state index is 13.4. The van der Waals surface area contributed by atoms with E-state index in [-0.39, 0.29) is 57.1 Å². The summed E-state index contributed by atoms with van der Waals surface area (Å²) in [4.78, 5) is 61.6. The molecule has 1 N–H and O–H groups in total. The molecule has 0 aliphatic heterocycles. The Labute approximate surface area is 414 Å². The van der Waals surface area contributed by atoms with E-state index in [0.29, 0.717) is 67.5 Å². The maximum absolute atomic E-state index is 13.4. The number of pyridine rings is 2. The van der Waals surface area contributed by atoms with Gasteiger partial charge in [0.05, 0.1) is 73.6 Å². The Morgan fingerprint density at radius 1 is 0.620 bits per heavy atom. The smallest absolute Gasteiger partial charge is 0.415 e. The van der Waals surface area contributed by atoms with Crippen LogP contribution in [0.2, 0.25) is 0 Å². The van der Waals surface area contributed by atoms with E-state index in [0.717, 1.165) is 5.56 Å². The first-order valence-corrected chi connectivity index (χ1v) is 22.5. The molecule has 71 heavy (non-hydrogen) atoms. The molecule has 17 heteroatoms. The molecule has 2 heterocycles. The number of nitrogens with zero attached hydrogens (tertiary/aromatic N) is 7. The lowest BCUT2D eigenvalue weighted by Crippen LogP contribution is -2.36. The number of hydrogen-bond donors (Lipinski definition) is 1. The first kappa shape index (κ1) is 55.1. The first-order valence-electron chi connectivity index (χ1n) is 22.5. The van der Waals surface area contributed by atoms with Gasteiger partial charge in [-0.1, -0.05) is 12.1 Å². The molecule has 370 valence electrons. The second-order valence-electron chi connectivity index (χ2n) is 18.1. The molecule has 5 aromatic rings. The highest BCUT2D eigenvalue weighted by Gasteiger charge is 2.28. The van der Waals surface area contributed by atoms with E-state index in [2.05, 4.69) is 22.1 Å². The van der Waals surface area contributed by atoms with Crippen molar-refractivity contribution in [1.82, 2.24) is 9.97 Å². The molecule has 3 aromatic carbocycles. The van der Waals surface area contributed by atoms with Crippen LogP contribution in [-0.2, 0) is 61.1 Å². The van der Waals surface area contributed by atoms with E-state index in [1.54, 1.807) is 135 Å². The van der Waals surface area contributed by atoms with Crippen LogP contribution in [0.1, 0.15) is 110 Å². The van der Waals surface area contributed by atoms with E-state index in [9.17, 15) is 34.8 Å². The van der Waals surface area contributed by atoms with Crippen LogP contribution in [0.3, 0.4) is 0 Å². The van der Waals surface area contributed by atoms with Crippen LogP contribution in [0.25, 0.3) is 0 Å². The third-order valence-electron chi connectivity index (χ3n) is 10.4. The molecule has 0 radical (unpaired) electrons. The average Bonchev–Trinajstić information content (AvgIpc) is 3.34. The van der Waals surface area contributed by atoms with Gasteiger partial charge in [-0.15, -0.1) is 0 Å². The maximum Gasteiger partial charge on any atom is 0.415 e. The number of ether oxygens (including phenoxy) is 5. The Bertz CT molecular complexity index is 2810. The number of carbonyl (C=O) groups is 4.